The molecule has 0 radical (unpaired) electrons. The number of halogens is 1. The molecule has 0 aliphatic carbocycles. The van der Waals surface area contributed by atoms with E-state index in [0.29, 0.717) is 5.58 Å². The Morgan fingerprint density at radius 2 is 2.22 bits per heavy atom. The second-order valence-corrected chi connectivity index (χ2v) is 6.30. The average molecular weight is 325 g/mol. The summed E-state index contributed by atoms with van der Waals surface area (Å²) in [5, 5.41) is 0.910. The Kier molecular flexibility index (Phi) is 2.64. The molecule has 0 aliphatic rings. The van der Waals surface area contributed by atoms with Crippen molar-refractivity contribution in [3.63, 3.8) is 0 Å². The summed E-state index contributed by atoms with van der Waals surface area (Å²) in [4.78, 5) is 15.9. The van der Waals surface area contributed by atoms with E-state index < -0.39 is 0 Å². The molecule has 2 aromatic heterocycles. The van der Waals surface area contributed by atoms with Crippen molar-refractivity contribution in [3.05, 3.63) is 38.2 Å². The summed E-state index contributed by atoms with van der Waals surface area (Å²) in [5.41, 5.74) is 3.29. The van der Waals surface area contributed by atoms with E-state index >= 15 is 0 Å². The second-order valence-electron chi connectivity index (χ2n) is 3.99. The van der Waals surface area contributed by atoms with Crippen molar-refractivity contribution in [1.29, 1.82) is 0 Å². The SMILES string of the molecule is Cc1nc(-c2ccc3c(c2)oc(=O)n3C)sc1Br. The molecule has 0 fully saturated rings. The maximum atomic E-state index is 11.4. The van der Waals surface area contributed by atoms with Crippen LogP contribution in [0.1, 0.15) is 5.69 Å². The summed E-state index contributed by atoms with van der Waals surface area (Å²) in [6.45, 7) is 1.95. The molecule has 3 aromatic rings. The molecule has 18 heavy (non-hydrogen) atoms. The number of nitrogens with zero attached hydrogens (tertiary/aromatic N) is 2. The van der Waals surface area contributed by atoms with Gasteiger partial charge in [0.25, 0.3) is 0 Å². The fraction of sp³-hybridized carbons (Fsp3) is 0.167. The molecule has 0 unspecified atom stereocenters. The van der Waals surface area contributed by atoms with Crippen molar-refractivity contribution < 1.29 is 4.42 Å². The molecular formula is C12H9BrN2O2S. The molecule has 1 aromatic carbocycles. The molecule has 0 aliphatic heterocycles. The monoisotopic (exact) mass is 324 g/mol. The van der Waals surface area contributed by atoms with Crippen LogP contribution in [-0.2, 0) is 7.05 Å². The Morgan fingerprint density at radius 1 is 1.44 bits per heavy atom. The number of fused-ring (bicyclic) bond motifs is 1. The summed E-state index contributed by atoms with van der Waals surface area (Å²) in [7, 11) is 1.69. The van der Waals surface area contributed by atoms with Crippen LogP contribution < -0.4 is 5.76 Å². The van der Waals surface area contributed by atoms with Gasteiger partial charge in [-0.05, 0) is 41.1 Å². The summed E-state index contributed by atoms with van der Waals surface area (Å²) in [6, 6.07) is 5.67. The maximum Gasteiger partial charge on any atom is 0.419 e. The maximum absolute atomic E-state index is 11.4. The molecule has 6 heteroatoms. The number of rotatable bonds is 1. The van der Waals surface area contributed by atoms with Gasteiger partial charge >= 0.3 is 5.76 Å². The van der Waals surface area contributed by atoms with Gasteiger partial charge in [-0.25, -0.2) is 9.78 Å². The predicted octanol–water partition coefficient (Wildman–Crippen LogP) is 3.33. The van der Waals surface area contributed by atoms with E-state index in [-0.39, 0.29) is 5.76 Å². The molecule has 0 amide bonds. The Hall–Kier alpha value is -1.40. The van der Waals surface area contributed by atoms with Gasteiger partial charge in [0.2, 0.25) is 0 Å². The Balaban J connectivity index is 2.22. The van der Waals surface area contributed by atoms with Gasteiger partial charge in [-0.2, -0.15) is 0 Å². The summed E-state index contributed by atoms with van der Waals surface area (Å²) in [5.74, 6) is -0.348. The van der Waals surface area contributed by atoms with Gasteiger partial charge in [0.05, 0.1) is 15.0 Å². The van der Waals surface area contributed by atoms with Crippen molar-refractivity contribution in [2.24, 2.45) is 7.05 Å². The largest absolute Gasteiger partial charge is 0.419 e. The normalized spacial score (nSPS) is 11.3. The molecule has 92 valence electrons. The standard InChI is InChI=1S/C12H9BrN2O2S/c1-6-10(13)18-11(14-6)7-3-4-8-9(5-7)17-12(16)15(8)2/h3-5H,1-2H3. The Bertz CT molecular complexity index is 781. The van der Waals surface area contributed by atoms with E-state index in [1.54, 1.807) is 18.4 Å². The molecule has 0 N–H and O–H groups in total. The molecule has 0 saturated heterocycles. The fourth-order valence-electron chi connectivity index (χ4n) is 1.77. The fourth-order valence-corrected chi connectivity index (χ4v) is 3.11. The third-order valence-corrected chi connectivity index (χ3v) is 4.83. The van der Waals surface area contributed by atoms with Gasteiger partial charge in [0, 0.05) is 12.6 Å². The van der Waals surface area contributed by atoms with Crippen LogP contribution >= 0.6 is 27.3 Å². The molecule has 3 rings (SSSR count). The first-order valence-corrected chi connectivity index (χ1v) is 6.90. The third kappa shape index (κ3) is 1.72. The van der Waals surface area contributed by atoms with Crippen LogP contribution in [0.25, 0.3) is 21.7 Å². The van der Waals surface area contributed by atoms with Crippen LogP contribution in [0.4, 0.5) is 0 Å². The number of thiazole rings is 1. The molecule has 0 bridgehead atoms. The highest BCUT2D eigenvalue weighted by Crippen LogP contribution is 2.32. The Morgan fingerprint density at radius 3 is 2.89 bits per heavy atom. The highest BCUT2D eigenvalue weighted by Gasteiger charge is 2.11. The van der Waals surface area contributed by atoms with E-state index in [4.69, 9.17) is 4.42 Å². The highest BCUT2D eigenvalue weighted by atomic mass is 79.9. The lowest BCUT2D eigenvalue weighted by Gasteiger charge is -1.96. The molecular weight excluding hydrogens is 316 g/mol. The van der Waals surface area contributed by atoms with Crippen LogP contribution in [0.5, 0.6) is 0 Å². The lowest BCUT2D eigenvalue weighted by atomic mass is 10.2. The van der Waals surface area contributed by atoms with Crippen molar-refractivity contribution >= 4 is 38.4 Å². The Labute approximate surface area is 115 Å². The first-order valence-electron chi connectivity index (χ1n) is 5.29. The molecule has 0 saturated carbocycles. The first kappa shape index (κ1) is 11.7. The smallest absolute Gasteiger partial charge is 0.408 e. The van der Waals surface area contributed by atoms with Gasteiger partial charge in [-0.1, -0.05) is 0 Å². The second kappa shape index (κ2) is 4.07. The van der Waals surface area contributed by atoms with Crippen LogP contribution in [0.15, 0.2) is 31.2 Å². The number of benzene rings is 1. The molecule has 2 heterocycles. The zero-order chi connectivity index (χ0) is 12.9. The van der Waals surface area contributed by atoms with E-state index in [1.807, 2.05) is 25.1 Å². The van der Waals surface area contributed by atoms with Gasteiger partial charge in [-0.15, -0.1) is 11.3 Å². The van der Waals surface area contributed by atoms with Crippen LogP contribution in [-0.4, -0.2) is 9.55 Å². The van der Waals surface area contributed by atoms with E-state index in [9.17, 15) is 4.79 Å². The van der Waals surface area contributed by atoms with Crippen molar-refractivity contribution in [2.75, 3.05) is 0 Å². The van der Waals surface area contributed by atoms with Crippen molar-refractivity contribution in [1.82, 2.24) is 9.55 Å². The van der Waals surface area contributed by atoms with Gasteiger partial charge in [0.1, 0.15) is 5.01 Å². The van der Waals surface area contributed by atoms with Gasteiger partial charge in [0.15, 0.2) is 5.58 Å². The summed E-state index contributed by atoms with van der Waals surface area (Å²) in [6.07, 6.45) is 0. The highest BCUT2D eigenvalue weighted by molar-refractivity contribution is 9.11. The third-order valence-electron chi connectivity index (χ3n) is 2.78. The van der Waals surface area contributed by atoms with Gasteiger partial charge in [-0.3, -0.25) is 4.57 Å². The zero-order valence-electron chi connectivity index (χ0n) is 9.73. The summed E-state index contributed by atoms with van der Waals surface area (Å²) < 4.78 is 7.68. The average Bonchev–Trinajstić information content (AvgIpc) is 2.81. The minimum absolute atomic E-state index is 0.348. The first-order chi connectivity index (χ1) is 8.56. The number of aryl methyl sites for hydroxylation is 2. The van der Waals surface area contributed by atoms with Crippen molar-refractivity contribution in [3.8, 4) is 10.6 Å². The van der Waals surface area contributed by atoms with E-state index in [2.05, 4.69) is 20.9 Å². The summed E-state index contributed by atoms with van der Waals surface area (Å²) >= 11 is 5.02. The van der Waals surface area contributed by atoms with E-state index in [1.165, 1.54) is 4.57 Å². The van der Waals surface area contributed by atoms with Crippen LogP contribution in [0.2, 0.25) is 0 Å². The van der Waals surface area contributed by atoms with Crippen molar-refractivity contribution in [2.45, 2.75) is 6.92 Å². The number of hydrogen-bond donors (Lipinski definition) is 0. The zero-order valence-corrected chi connectivity index (χ0v) is 12.1. The molecule has 0 atom stereocenters. The number of oxazole rings is 1. The van der Waals surface area contributed by atoms with E-state index in [0.717, 1.165) is 25.6 Å². The predicted molar refractivity (Wildman–Crippen MR) is 75.0 cm³/mol. The molecule has 4 nitrogen and oxygen atoms in total. The van der Waals surface area contributed by atoms with Gasteiger partial charge < -0.3 is 4.42 Å². The minimum atomic E-state index is -0.348. The number of aromatic nitrogens is 2. The van der Waals surface area contributed by atoms with Crippen LogP contribution in [0, 0.1) is 6.92 Å². The lowest BCUT2D eigenvalue weighted by molar-refractivity contribution is 0.528. The quantitative estimate of drug-likeness (QED) is 0.689. The van der Waals surface area contributed by atoms with Crippen LogP contribution in [0.3, 0.4) is 0 Å². The minimum Gasteiger partial charge on any atom is -0.408 e. The molecule has 0 spiro atoms. The lowest BCUT2D eigenvalue weighted by Crippen LogP contribution is -2.08. The number of hydrogen-bond acceptors (Lipinski definition) is 4. The topological polar surface area (TPSA) is 48.0 Å².